The van der Waals surface area contributed by atoms with Gasteiger partial charge in [0.1, 0.15) is 18.4 Å². The molecule has 33 heavy (non-hydrogen) atoms. The van der Waals surface area contributed by atoms with Gasteiger partial charge in [-0.1, -0.05) is 38.1 Å². The molecule has 0 saturated heterocycles. The van der Waals surface area contributed by atoms with Gasteiger partial charge in [0.15, 0.2) is 0 Å². The highest BCUT2D eigenvalue weighted by atomic mass is 79.9. The van der Waals surface area contributed by atoms with Gasteiger partial charge in [-0.3, -0.25) is 13.9 Å². The molecule has 0 heterocycles. The molecule has 0 aromatic heterocycles. The Labute approximate surface area is 203 Å². The predicted molar refractivity (Wildman–Crippen MR) is 131 cm³/mol. The zero-order valence-corrected chi connectivity index (χ0v) is 21.5. The fourth-order valence-corrected chi connectivity index (χ4v) is 4.55. The Morgan fingerprint density at radius 3 is 2.21 bits per heavy atom. The second-order valence-electron chi connectivity index (χ2n) is 8.18. The SMILES string of the molecule is CC(C)CNC(=O)C(C)N(Cc1ccc(F)cc1)C(=O)CN(c1ccccc1Br)S(C)(=O)=O. The summed E-state index contributed by atoms with van der Waals surface area (Å²) in [5.74, 6) is -1.12. The van der Waals surface area contributed by atoms with E-state index in [-0.39, 0.29) is 18.4 Å². The van der Waals surface area contributed by atoms with E-state index in [2.05, 4.69) is 21.2 Å². The van der Waals surface area contributed by atoms with Crippen LogP contribution in [-0.4, -0.2) is 50.5 Å². The fraction of sp³-hybridized carbons (Fsp3) is 0.391. The number of carbonyl (C=O) groups excluding carboxylic acids is 2. The average Bonchev–Trinajstić information content (AvgIpc) is 2.74. The van der Waals surface area contributed by atoms with Gasteiger partial charge >= 0.3 is 0 Å². The van der Waals surface area contributed by atoms with Crippen LogP contribution in [0.4, 0.5) is 10.1 Å². The molecular weight excluding hydrogens is 513 g/mol. The molecule has 0 saturated carbocycles. The van der Waals surface area contributed by atoms with Crippen LogP contribution in [0, 0.1) is 11.7 Å². The number of hydrogen-bond acceptors (Lipinski definition) is 4. The van der Waals surface area contributed by atoms with Gasteiger partial charge < -0.3 is 10.2 Å². The van der Waals surface area contributed by atoms with Crippen molar-refractivity contribution in [1.82, 2.24) is 10.2 Å². The lowest BCUT2D eigenvalue weighted by Gasteiger charge is -2.32. The Morgan fingerprint density at radius 2 is 1.67 bits per heavy atom. The average molecular weight is 542 g/mol. The molecule has 1 atom stereocenters. The second kappa shape index (κ2) is 11.6. The van der Waals surface area contributed by atoms with E-state index in [0.717, 1.165) is 10.6 Å². The Morgan fingerprint density at radius 1 is 1.06 bits per heavy atom. The molecule has 0 spiro atoms. The van der Waals surface area contributed by atoms with E-state index in [4.69, 9.17) is 0 Å². The van der Waals surface area contributed by atoms with E-state index in [1.54, 1.807) is 31.2 Å². The van der Waals surface area contributed by atoms with Gasteiger partial charge in [-0.15, -0.1) is 0 Å². The summed E-state index contributed by atoms with van der Waals surface area (Å²) < 4.78 is 39.9. The standard InChI is InChI=1S/C23H29BrFN3O4S/c1-16(2)13-26-23(30)17(3)27(14-18-9-11-19(25)12-10-18)22(29)15-28(33(4,31)32)21-8-6-5-7-20(21)24/h5-12,16-17H,13-15H2,1-4H3,(H,26,30). The van der Waals surface area contributed by atoms with E-state index in [9.17, 15) is 22.4 Å². The van der Waals surface area contributed by atoms with Gasteiger partial charge in [0.2, 0.25) is 21.8 Å². The first kappa shape index (κ1) is 26.8. The maximum absolute atomic E-state index is 13.4. The zero-order valence-electron chi connectivity index (χ0n) is 19.1. The van der Waals surface area contributed by atoms with Crippen LogP contribution in [0.3, 0.4) is 0 Å². The molecule has 180 valence electrons. The van der Waals surface area contributed by atoms with E-state index in [1.165, 1.54) is 29.2 Å². The highest BCUT2D eigenvalue weighted by Crippen LogP contribution is 2.28. The van der Waals surface area contributed by atoms with Crippen LogP contribution in [0.2, 0.25) is 0 Å². The minimum Gasteiger partial charge on any atom is -0.354 e. The monoisotopic (exact) mass is 541 g/mol. The zero-order chi connectivity index (χ0) is 24.8. The lowest BCUT2D eigenvalue weighted by atomic mass is 10.1. The molecular formula is C23H29BrFN3O4S. The molecule has 10 heteroatoms. The van der Waals surface area contributed by atoms with Gasteiger partial charge in [-0.25, -0.2) is 12.8 Å². The summed E-state index contributed by atoms with van der Waals surface area (Å²) in [5.41, 5.74) is 0.923. The molecule has 0 bridgehead atoms. The summed E-state index contributed by atoms with van der Waals surface area (Å²) in [5, 5.41) is 2.80. The van der Waals surface area contributed by atoms with Crippen LogP contribution >= 0.6 is 15.9 Å². The quantitative estimate of drug-likeness (QED) is 0.498. The molecule has 2 amide bonds. The normalized spacial score (nSPS) is 12.3. The van der Waals surface area contributed by atoms with Gasteiger partial charge in [-0.05, 0) is 58.6 Å². The summed E-state index contributed by atoms with van der Waals surface area (Å²) in [6.07, 6.45) is 1.02. The van der Waals surface area contributed by atoms with E-state index in [0.29, 0.717) is 22.3 Å². The summed E-state index contributed by atoms with van der Waals surface area (Å²) >= 11 is 3.33. The van der Waals surface area contributed by atoms with E-state index >= 15 is 0 Å². The summed E-state index contributed by atoms with van der Waals surface area (Å²) in [6.45, 7) is 5.45. The number of amides is 2. The molecule has 0 radical (unpaired) electrons. The first-order valence-corrected chi connectivity index (χ1v) is 13.1. The maximum atomic E-state index is 13.4. The lowest BCUT2D eigenvalue weighted by Crippen LogP contribution is -2.51. The van der Waals surface area contributed by atoms with Gasteiger partial charge in [0.05, 0.1) is 11.9 Å². The van der Waals surface area contributed by atoms with Crippen molar-refractivity contribution in [2.45, 2.75) is 33.4 Å². The van der Waals surface area contributed by atoms with Crippen LogP contribution in [0.1, 0.15) is 26.3 Å². The van der Waals surface area contributed by atoms with Crippen LogP contribution in [0.15, 0.2) is 53.0 Å². The molecule has 1 N–H and O–H groups in total. The van der Waals surface area contributed by atoms with E-state index in [1.807, 2.05) is 13.8 Å². The largest absolute Gasteiger partial charge is 0.354 e. The smallest absolute Gasteiger partial charge is 0.244 e. The number of para-hydroxylation sites is 1. The molecule has 0 aliphatic carbocycles. The third kappa shape index (κ3) is 7.82. The number of nitrogens with zero attached hydrogens (tertiary/aromatic N) is 2. The fourth-order valence-electron chi connectivity index (χ4n) is 3.07. The van der Waals surface area contributed by atoms with Crippen LogP contribution in [-0.2, 0) is 26.2 Å². The minimum absolute atomic E-state index is 0.0168. The van der Waals surface area contributed by atoms with Crippen molar-refractivity contribution >= 4 is 43.5 Å². The first-order chi connectivity index (χ1) is 15.4. The minimum atomic E-state index is -3.81. The van der Waals surface area contributed by atoms with Crippen molar-refractivity contribution in [3.63, 3.8) is 0 Å². The second-order valence-corrected chi connectivity index (χ2v) is 10.9. The number of rotatable bonds is 10. The summed E-state index contributed by atoms with van der Waals surface area (Å²) in [6, 6.07) is 11.4. The number of halogens is 2. The Balaban J connectivity index is 2.36. The molecule has 2 rings (SSSR count). The number of carbonyl (C=O) groups is 2. The summed E-state index contributed by atoms with van der Waals surface area (Å²) in [7, 11) is -3.81. The Kier molecular flexibility index (Phi) is 9.42. The van der Waals surface area contributed by atoms with Crippen molar-refractivity contribution in [3.8, 4) is 0 Å². The lowest BCUT2D eigenvalue weighted by molar-refractivity contribution is -0.139. The van der Waals surface area contributed by atoms with Crippen molar-refractivity contribution in [3.05, 3.63) is 64.4 Å². The third-order valence-corrected chi connectivity index (χ3v) is 6.72. The predicted octanol–water partition coefficient (Wildman–Crippen LogP) is 3.54. The molecule has 1 unspecified atom stereocenters. The Bertz CT molecular complexity index is 1080. The third-order valence-electron chi connectivity index (χ3n) is 4.92. The number of benzene rings is 2. The molecule has 2 aromatic carbocycles. The highest BCUT2D eigenvalue weighted by Gasteiger charge is 2.30. The topological polar surface area (TPSA) is 86.8 Å². The van der Waals surface area contributed by atoms with Gasteiger partial charge in [0, 0.05) is 17.6 Å². The molecule has 0 aliphatic rings. The molecule has 0 aliphatic heterocycles. The number of sulfonamides is 1. The molecule has 0 fully saturated rings. The van der Waals surface area contributed by atoms with Crippen LogP contribution < -0.4 is 9.62 Å². The van der Waals surface area contributed by atoms with Gasteiger partial charge in [-0.2, -0.15) is 0 Å². The Hall–Kier alpha value is -2.46. The van der Waals surface area contributed by atoms with Crippen LogP contribution in [0.5, 0.6) is 0 Å². The van der Waals surface area contributed by atoms with Crippen molar-refractivity contribution in [2.24, 2.45) is 5.92 Å². The van der Waals surface area contributed by atoms with Crippen molar-refractivity contribution < 1.29 is 22.4 Å². The maximum Gasteiger partial charge on any atom is 0.244 e. The highest BCUT2D eigenvalue weighted by molar-refractivity contribution is 9.10. The van der Waals surface area contributed by atoms with Crippen molar-refractivity contribution in [2.75, 3.05) is 23.7 Å². The van der Waals surface area contributed by atoms with Crippen LogP contribution in [0.25, 0.3) is 0 Å². The van der Waals surface area contributed by atoms with E-state index < -0.39 is 34.3 Å². The van der Waals surface area contributed by atoms with Gasteiger partial charge in [0.25, 0.3) is 0 Å². The number of anilines is 1. The molecule has 2 aromatic rings. The first-order valence-electron chi connectivity index (χ1n) is 10.4. The number of hydrogen-bond donors (Lipinski definition) is 1. The summed E-state index contributed by atoms with van der Waals surface area (Å²) in [4.78, 5) is 27.4. The molecule has 7 nitrogen and oxygen atoms in total. The number of nitrogens with one attached hydrogen (secondary N) is 1. The van der Waals surface area contributed by atoms with Crippen molar-refractivity contribution in [1.29, 1.82) is 0 Å².